The van der Waals surface area contributed by atoms with Gasteiger partial charge in [-0.2, -0.15) is 0 Å². The lowest BCUT2D eigenvalue weighted by Gasteiger charge is -2.18. The zero-order chi connectivity index (χ0) is 19.0. The van der Waals surface area contributed by atoms with Crippen molar-refractivity contribution < 1.29 is 19.7 Å². The lowest BCUT2D eigenvalue weighted by Crippen LogP contribution is -2.23. The van der Waals surface area contributed by atoms with Gasteiger partial charge in [0, 0.05) is 59.5 Å². The first-order chi connectivity index (χ1) is 13.1. The van der Waals surface area contributed by atoms with E-state index in [1.165, 1.54) is 6.07 Å². The van der Waals surface area contributed by atoms with Gasteiger partial charge in [0.1, 0.15) is 5.58 Å². The maximum absolute atomic E-state index is 11.6. The van der Waals surface area contributed by atoms with Crippen LogP contribution in [0.2, 0.25) is 0 Å². The number of hydrogen-bond acceptors (Lipinski definition) is 5. The number of benzene rings is 2. The quantitative estimate of drug-likeness (QED) is 0.454. The normalized spacial score (nSPS) is 13.2. The van der Waals surface area contributed by atoms with Crippen molar-refractivity contribution in [2.75, 3.05) is 13.2 Å². The molecular weight excluding hydrogens is 346 g/mol. The van der Waals surface area contributed by atoms with E-state index in [0.29, 0.717) is 18.5 Å². The third-order valence-corrected chi connectivity index (χ3v) is 5.03. The Morgan fingerprint density at radius 1 is 0.963 bits per heavy atom. The van der Waals surface area contributed by atoms with Crippen LogP contribution in [0.25, 0.3) is 32.8 Å². The molecule has 2 aromatic heterocycles. The van der Waals surface area contributed by atoms with E-state index in [9.17, 15) is 20.1 Å². The van der Waals surface area contributed by atoms with Gasteiger partial charge >= 0.3 is 5.63 Å². The van der Waals surface area contributed by atoms with E-state index >= 15 is 0 Å². The predicted molar refractivity (Wildman–Crippen MR) is 104 cm³/mol. The molecule has 0 bridgehead atoms. The summed E-state index contributed by atoms with van der Waals surface area (Å²) >= 11 is 0. The van der Waals surface area contributed by atoms with E-state index in [-0.39, 0.29) is 19.1 Å². The summed E-state index contributed by atoms with van der Waals surface area (Å²) in [7, 11) is 0. The second-order valence-electron chi connectivity index (χ2n) is 6.91. The minimum atomic E-state index is -0.730. The zero-order valence-electron chi connectivity index (χ0n) is 14.7. The molecule has 0 aliphatic carbocycles. The maximum atomic E-state index is 11.6. The van der Waals surface area contributed by atoms with Gasteiger partial charge in [0.25, 0.3) is 0 Å². The van der Waals surface area contributed by atoms with Crippen molar-refractivity contribution in [3.63, 3.8) is 0 Å². The maximum Gasteiger partial charge on any atom is 0.336 e. The number of aliphatic hydroxyl groups is 3. The summed E-state index contributed by atoms with van der Waals surface area (Å²) in [5, 5.41) is 32.0. The monoisotopic (exact) mass is 367 g/mol. The van der Waals surface area contributed by atoms with Crippen LogP contribution in [0.4, 0.5) is 0 Å². The van der Waals surface area contributed by atoms with Crippen LogP contribution in [0.1, 0.15) is 6.42 Å². The van der Waals surface area contributed by atoms with Crippen LogP contribution in [0.3, 0.4) is 0 Å². The van der Waals surface area contributed by atoms with Crippen LogP contribution in [0.5, 0.6) is 0 Å². The van der Waals surface area contributed by atoms with Gasteiger partial charge in [-0.3, -0.25) is 0 Å². The number of nitrogens with zero attached hydrogens (tertiary/aromatic N) is 1. The second-order valence-corrected chi connectivity index (χ2v) is 6.91. The predicted octanol–water partition coefficient (Wildman–Crippen LogP) is 2.25. The molecule has 0 amide bonds. The Bertz CT molecular complexity index is 1160. The molecule has 0 saturated heterocycles. The molecule has 140 valence electrons. The Kier molecular flexibility index (Phi) is 4.70. The number of aromatic nitrogens is 1. The van der Waals surface area contributed by atoms with E-state index in [2.05, 4.69) is 0 Å². The summed E-state index contributed by atoms with van der Waals surface area (Å²) in [6.45, 7) is -0.0316. The molecule has 1 atom stereocenters. The summed E-state index contributed by atoms with van der Waals surface area (Å²) in [6.07, 6.45) is -0.435. The first-order valence-corrected chi connectivity index (χ1v) is 8.95. The van der Waals surface area contributed by atoms with Gasteiger partial charge in [-0.15, -0.1) is 0 Å². The molecule has 1 unspecified atom stereocenters. The van der Waals surface area contributed by atoms with Crippen LogP contribution >= 0.6 is 0 Å². The third-order valence-electron chi connectivity index (χ3n) is 5.03. The van der Waals surface area contributed by atoms with Crippen LogP contribution in [-0.2, 0) is 6.54 Å². The van der Waals surface area contributed by atoms with Crippen molar-refractivity contribution in [1.29, 1.82) is 0 Å². The Morgan fingerprint density at radius 3 is 2.52 bits per heavy atom. The highest BCUT2D eigenvalue weighted by Gasteiger charge is 2.18. The van der Waals surface area contributed by atoms with Crippen molar-refractivity contribution >= 4 is 32.8 Å². The molecule has 2 aromatic carbocycles. The molecular formula is C21H21NO5. The Balaban J connectivity index is 1.87. The number of fused-ring (bicyclic) bond motifs is 4. The van der Waals surface area contributed by atoms with Gasteiger partial charge < -0.3 is 24.3 Å². The minimum absolute atomic E-state index is 0.170. The zero-order valence-corrected chi connectivity index (χ0v) is 14.7. The van der Waals surface area contributed by atoms with Gasteiger partial charge in [-0.25, -0.2) is 4.79 Å². The van der Waals surface area contributed by atoms with E-state index in [0.717, 1.165) is 27.2 Å². The fourth-order valence-electron chi connectivity index (χ4n) is 3.68. The standard InChI is InChI=1S/C21H21NO5/c23-11-13(12-24)7-15(25)10-22-18-4-2-1-3-16(18)17-8-14-5-6-21(26)27-20(14)9-19(17)22/h1-6,8-9,13,15,23-25H,7,10-12H2. The SMILES string of the molecule is O=c1ccc2cc3c4ccccc4n(CC(O)CC(CO)CO)c3cc2o1. The lowest BCUT2D eigenvalue weighted by molar-refractivity contribution is 0.0753. The topological polar surface area (TPSA) is 95.8 Å². The molecule has 0 aliphatic heterocycles. The summed E-state index contributed by atoms with van der Waals surface area (Å²) < 4.78 is 7.32. The van der Waals surface area contributed by atoms with Gasteiger partial charge in [-0.1, -0.05) is 18.2 Å². The molecule has 3 N–H and O–H groups in total. The molecule has 0 fully saturated rings. The highest BCUT2D eigenvalue weighted by atomic mass is 16.4. The molecule has 6 heteroatoms. The molecule has 6 nitrogen and oxygen atoms in total. The van der Waals surface area contributed by atoms with Crippen molar-refractivity contribution in [2.24, 2.45) is 5.92 Å². The van der Waals surface area contributed by atoms with E-state index in [4.69, 9.17) is 4.42 Å². The number of hydrogen-bond donors (Lipinski definition) is 3. The fourth-order valence-corrected chi connectivity index (χ4v) is 3.68. The molecule has 0 saturated carbocycles. The summed E-state index contributed by atoms with van der Waals surface area (Å²) in [6, 6.07) is 14.9. The Hall–Kier alpha value is -2.67. The van der Waals surface area contributed by atoms with E-state index in [1.807, 2.05) is 41.0 Å². The van der Waals surface area contributed by atoms with Gasteiger partial charge in [0.2, 0.25) is 0 Å². The molecule has 4 rings (SSSR count). The van der Waals surface area contributed by atoms with Crippen molar-refractivity contribution in [2.45, 2.75) is 19.1 Å². The lowest BCUT2D eigenvalue weighted by atomic mass is 10.0. The average Bonchev–Trinajstić information content (AvgIpc) is 2.97. The minimum Gasteiger partial charge on any atom is -0.423 e. The first-order valence-electron chi connectivity index (χ1n) is 8.95. The van der Waals surface area contributed by atoms with Gasteiger partial charge in [0.05, 0.1) is 11.6 Å². The number of aliphatic hydroxyl groups excluding tert-OH is 3. The molecule has 4 aromatic rings. The Morgan fingerprint density at radius 2 is 1.74 bits per heavy atom. The third kappa shape index (κ3) is 3.23. The summed E-state index contributed by atoms with van der Waals surface area (Å²) in [5.74, 6) is -0.355. The van der Waals surface area contributed by atoms with E-state index < -0.39 is 11.7 Å². The molecule has 2 heterocycles. The molecule has 27 heavy (non-hydrogen) atoms. The highest BCUT2D eigenvalue weighted by molar-refractivity contribution is 6.11. The van der Waals surface area contributed by atoms with Gasteiger partial charge in [-0.05, 0) is 24.6 Å². The van der Waals surface area contributed by atoms with Crippen LogP contribution < -0.4 is 5.63 Å². The van der Waals surface area contributed by atoms with Crippen LogP contribution in [-0.4, -0.2) is 39.2 Å². The largest absolute Gasteiger partial charge is 0.423 e. The first kappa shape index (κ1) is 17.7. The molecule has 0 spiro atoms. The molecule has 0 aliphatic rings. The van der Waals surface area contributed by atoms with Crippen LogP contribution in [0.15, 0.2) is 57.7 Å². The Labute approximate surface area is 154 Å². The highest BCUT2D eigenvalue weighted by Crippen LogP contribution is 2.32. The fraction of sp³-hybridized carbons (Fsp3) is 0.286. The summed E-state index contributed by atoms with van der Waals surface area (Å²) in [4.78, 5) is 11.6. The number of para-hydroxylation sites is 1. The molecule has 0 radical (unpaired) electrons. The van der Waals surface area contributed by atoms with Crippen molar-refractivity contribution in [3.8, 4) is 0 Å². The van der Waals surface area contributed by atoms with Crippen molar-refractivity contribution in [1.82, 2.24) is 4.57 Å². The van der Waals surface area contributed by atoms with E-state index in [1.54, 1.807) is 6.07 Å². The van der Waals surface area contributed by atoms with Crippen LogP contribution in [0, 0.1) is 5.92 Å². The summed E-state index contributed by atoms with van der Waals surface area (Å²) in [5.41, 5.74) is 1.92. The van der Waals surface area contributed by atoms with Gasteiger partial charge in [0.15, 0.2) is 0 Å². The van der Waals surface area contributed by atoms with Crippen molar-refractivity contribution in [3.05, 3.63) is 59.0 Å². The second kappa shape index (κ2) is 7.15. The smallest absolute Gasteiger partial charge is 0.336 e. The number of rotatable bonds is 6. The average molecular weight is 367 g/mol.